The monoisotopic (exact) mass is 321 g/mol. The van der Waals surface area contributed by atoms with Crippen LogP contribution in [0.3, 0.4) is 0 Å². The lowest BCUT2D eigenvalue weighted by atomic mass is 9.84. The fourth-order valence-corrected chi connectivity index (χ4v) is 2.44. The van der Waals surface area contributed by atoms with Gasteiger partial charge in [0, 0.05) is 32.2 Å². The third-order valence-electron chi connectivity index (χ3n) is 3.88. The van der Waals surface area contributed by atoms with E-state index >= 15 is 0 Å². The largest absolute Gasteiger partial charge is 0.454 e. The van der Waals surface area contributed by atoms with E-state index in [9.17, 15) is 0 Å². The van der Waals surface area contributed by atoms with Crippen LogP contribution in [0.25, 0.3) is 0 Å². The molecule has 1 aromatic carbocycles. The molecule has 0 saturated heterocycles. The summed E-state index contributed by atoms with van der Waals surface area (Å²) in [6.45, 7) is 8.09. The molecule has 23 heavy (non-hydrogen) atoms. The molecular formula is C17H27N3O3. The van der Waals surface area contributed by atoms with Crippen LogP contribution in [-0.2, 0) is 10.2 Å². The molecule has 0 amide bonds. The Hall–Kier alpha value is -1.95. The Bertz CT molecular complexity index is 558. The Morgan fingerprint density at radius 2 is 2.09 bits per heavy atom. The number of aliphatic imine (C=N–C) groups is 1. The smallest absolute Gasteiger partial charge is 0.231 e. The molecule has 2 N–H and O–H groups in total. The van der Waals surface area contributed by atoms with Crippen molar-refractivity contribution >= 4 is 5.96 Å². The number of guanidine groups is 1. The van der Waals surface area contributed by atoms with Crippen molar-refractivity contribution in [1.82, 2.24) is 10.6 Å². The van der Waals surface area contributed by atoms with Crippen molar-refractivity contribution in [1.29, 1.82) is 0 Å². The Morgan fingerprint density at radius 3 is 2.78 bits per heavy atom. The van der Waals surface area contributed by atoms with Crippen molar-refractivity contribution in [3.05, 3.63) is 23.8 Å². The van der Waals surface area contributed by atoms with Gasteiger partial charge >= 0.3 is 0 Å². The molecule has 0 fully saturated rings. The Balaban J connectivity index is 1.97. The van der Waals surface area contributed by atoms with E-state index < -0.39 is 0 Å². The van der Waals surface area contributed by atoms with Gasteiger partial charge in [0.2, 0.25) is 6.79 Å². The van der Waals surface area contributed by atoms with Crippen molar-refractivity contribution in [2.45, 2.75) is 32.2 Å². The van der Waals surface area contributed by atoms with Crippen LogP contribution in [0.15, 0.2) is 23.2 Å². The summed E-state index contributed by atoms with van der Waals surface area (Å²) in [6.07, 6.45) is 0. The summed E-state index contributed by atoms with van der Waals surface area (Å²) in [5.74, 6) is 2.39. The molecule has 1 aromatic rings. The third kappa shape index (κ3) is 4.51. The molecular weight excluding hydrogens is 294 g/mol. The van der Waals surface area contributed by atoms with E-state index in [0.29, 0.717) is 13.4 Å². The lowest BCUT2D eigenvalue weighted by Gasteiger charge is -2.27. The van der Waals surface area contributed by atoms with Gasteiger partial charge < -0.3 is 24.8 Å². The molecule has 0 spiro atoms. The van der Waals surface area contributed by atoms with Crippen LogP contribution in [0.1, 0.15) is 26.3 Å². The van der Waals surface area contributed by atoms with Gasteiger partial charge in [-0.25, -0.2) is 0 Å². The lowest BCUT2D eigenvalue weighted by Crippen LogP contribution is -2.47. The van der Waals surface area contributed by atoms with E-state index in [1.807, 2.05) is 12.1 Å². The highest BCUT2D eigenvalue weighted by atomic mass is 16.7. The van der Waals surface area contributed by atoms with E-state index in [1.54, 1.807) is 14.2 Å². The summed E-state index contributed by atoms with van der Waals surface area (Å²) in [5.41, 5.74) is 1.11. The van der Waals surface area contributed by atoms with Crippen molar-refractivity contribution in [3.8, 4) is 11.5 Å². The van der Waals surface area contributed by atoms with E-state index in [4.69, 9.17) is 14.2 Å². The van der Waals surface area contributed by atoms with Gasteiger partial charge in [-0.2, -0.15) is 0 Å². The van der Waals surface area contributed by atoms with Crippen LogP contribution in [0, 0.1) is 0 Å². The number of hydrogen-bond donors (Lipinski definition) is 2. The van der Waals surface area contributed by atoms with Crippen LogP contribution >= 0.6 is 0 Å². The first-order chi connectivity index (χ1) is 11.0. The van der Waals surface area contributed by atoms with Gasteiger partial charge in [0.15, 0.2) is 17.5 Å². The molecule has 128 valence electrons. The average molecular weight is 321 g/mol. The fourth-order valence-electron chi connectivity index (χ4n) is 2.44. The summed E-state index contributed by atoms with van der Waals surface area (Å²) in [7, 11) is 3.46. The third-order valence-corrected chi connectivity index (χ3v) is 3.88. The summed E-state index contributed by atoms with van der Waals surface area (Å²) in [5, 5.41) is 6.68. The molecule has 0 aliphatic carbocycles. The second-order valence-corrected chi connectivity index (χ2v) is 6.38. The van der Waals surface area contributed by atoms with Crippen molar-refractivity contribution in [2.24, 2.45) is 4.99 Å². The van der Waals surface area contributed by atoms with Crippen molar-refractivity contribution in [3.63, 3.8) is 0 Å². The molecule has 1 aliphatic heterocycles. The second-order valence-electron chi connectivity index (χ2n) is 6.38. The zero-order chi connectivity index (χ0) is 16.9. The molecule has 0 aromatic heterocycles. The van der Waals surface area contributed by atoms with E-state index in [2.05, 4.69) is 42.5 Å². The van der Waals surface area contributed by atoms with Crippen LogP contribution in [0.5, 0.6) is 11.5 Å². The highest BCUT2D eigenvalue weighted by Crippen LogP contribution is 2.36. The second kappa shape index (κ2) is 7.55. The molecule has 6 heteroatoms. The normalized spacial score (nSPS) is 15.4. The van der Waals surface area contributed by atoms with Crippen molar-refractivity contribution in [2.75, 3.05) is 34.1 Å². The van der Waals surface area contributed by atoms with Gasteiger partial charge in [0.05, 0.1) is 6.61 Å². The number of methoxy groups -OCH3 is 1. The average Bonchev–Trinajstić information content (AvgIpc) is 2.99. The molecule has 1 atom stereocenters. The summed E-state index contributed by atoms with van der Waals surface area (Å²) < 4.78 is 16.0. The maximum absolute atomic E-state index is 5.47. The van der Waals surface area contributed by atoms with Crippen LogP contribution < -0.4 is 20.1 Å². The summed E-state index contributed by atoms with van der Waals surface area (Å²) >= 11 is 0. The fraction of sp³-hybridized carbons (Fsp3) is 0.588. The molecule has 0 bridgehead atoms. The van der Waals surface area contributed by atoms with Crippen LogP contribution in [0.4, 0.5) is 0 Å². The predicted molar refractivity (Wildman–Crippen MR) is 91.4 cm³/mol. The highest BCUT2D eigenvalue weighted by Gasteiger charge is 2.24. The van der Waals surface area contributed by atoms with Crippen LogP contribution in [-0.4, -0.2) is 46.1 Å². The first-order valence-corrected chi connectivity index (χ1v) is 7.82. The Labute approximate surface area is 138 Å². The molecule has 1 heterocycles. The standard InChI is InChI=1S/C17H27N3O3/c1-12(9-21-5)20-16(18-4)19-10-17(2,3)13-6-7-14-15(8-13)23-11-22-14/h6-8,12H,9-11H2,1-5H3,(H2,18,19,20). The maximum Gasteiger partial charge on any atom is 0.231 e. The van der Waals surface area contributed by atoms with Gasteiger partial charge in [0.25, 0.3) is 0 Å². The number of nitrogens with one attached hydrogen (secondary N) is 2. The predicted octanol–water partition coefficient (Wildman–Crippen LogP) is 1.89. The van der Waals surface area contributed by atoms with Crippen molar-refractivity contribution < 1.29 is 14.2 Å². The number of nitrogens with zero attached hydrogens (tertiary/aromatic N) is 1. The molecule has 0 radical (unpaired) electrons. The molecule has 1 aliphatic rings. The quantitative estimate of drug-likeness (QED) is 0.619. The zero-order valence-corrected chi connectivity index (χ0v) is 14.6. The van der Waals surface area contributed by atoms with Gasteiger partial charge in [-0.15, -0.1) is 0 Å². The first-order valence-electron chi connectivity index (χ1n) is 7.82. The number of rotatable bonds is 6. The highest BCUT2D eigenvalue weighted by molar-refractivity contribution is 5.80. The number of fused-ring (bicyclic) bond motifs is 1. The minimum absolute atomic E-state index is 0.0803. The molecule has 2 rings (SSSR count). The molecule has 6 nitrogen and oxygen atoms in total. The zero-order valence-electron chi connectivity index (χ0n) is 14.6. The van der Waals surface area contributed by atoms with Gasteiger partial charge in [-0.1, -0.05) is 19.9 Å². The maximum atomic E-state index is 5.47. The van der Waals surface area contributed by atoms with E-state index in [0.717, 1.165) is 24.0 Å². The number of benzene rings is 1. The van der Waals surface area contributed by atoms with E-state index in [-0.39, 0.29) is 11.5 Å². The Morgan fingerprint density at radius 1 is 1.35 bits per heavy atom. The number of ether oxygens (including phenoxy) is 3. The topological polar surface area (TPSA) is 64.1 Å². The van der Waals surface area contributed by atoms with Gasteiger partial charge in [-0.3, -0.25) is 4.99 Å². The van der Waals surface area contributed by atoms with Gasteiger partial charge in [0.1, 0.15) is 0 Å². The minimum atomic E-state index is -0.0803. The SMILES string of the molecule is CN=C(NCC(C)(C)c1ccc2c(c1)OCO2)NC(C)COC. The first kappa shape index (κ1) is 17.4. The van der Waals surface area contributed by atoms with E-state index in [1.165, 1.54) is 5.56 Å². The lowest BCUT2D eigenvalue weighted by molar-refractivity contribution is 0.174. The van der Waals surface area contributed by atoms with Crippen LogP contribution in [0.2, 0.25) is 0 Å². The summed E-state index contributed by atoms with van der Waals surface area (Å²) in [6, 6.07) is 6.29. The van der Waals surface area contributed by atoms with Gasteiger partial charge in [-0.05, 0) is 24.6 Å². The molecule has 1 unspecified atom stereocenters. The molecule has 0 saturated carbocycles. The summed E-state index contributed by atoms with van der Waals surface area (Å²) in [4.78, 5) is 4.26. The Kier molecular flexibility index (Phi) is 5.71. The number of hydrogen-bond acceptors (Lipinski definition) is 4. The minimum Gasteiger partial charge on any atom is -0.454 e.